The van der Waals surface area contributed by atoms with E-state index < -0.39 is 15.9 Å². The molecule has 0 spiro atoms. The normalized spacial score (nSPS) is 11.7. The second-order valence-electron chi connectivity index (χ2n) is 4.83. The molecule has 0 heterocycles. The van der Waals surface area contributed by atoms with Crippen LogP contribution in [0.5, 0.6) is 0 Å². The lowest BCUT2D eigenvalue weighted by Crippen LogP contribution is -2.28. The van der Waals surface area contributed by atoms with Gasteiger partial charge in [0.2, 0.25) is 10.0 Å². The van der Waals surface area contributed by atoms with Crippen LogP contribution in [0.15, 0.2) is 17.0 Å². The van der Waals surface area contributed by atoms with E-state index in [1.807, 2.05) is 13.8 Å². The van der Waals surface area contributed by atoms with Crippen molar-refractivity contribution in [2.24, 2.45) is 5.14 Å². The zero-order valence-electron chi connectivity index (χ0n) is 12.1. The third-order valence-corrected chi connectivity index (χ3v) is 4.18. The Kier molecular flexibility index (Phi) is 6.15. The minimum atomic E-state index is -3.99. The van der Waals surface area contributed by atoms with E-state index in [2.05, 4.69) is 5.32 Å². The van der Waals surface area contributed by atoms with Gasteiger partial charge in [0.1, 0.15) is 4.90 Å². The van der Waals surface area contributed by atoms with E-state index in [9.17, 15) is 13.2 Å². The molecule has 3 N–H and O–H groups in total. The third-order valence-electron chi connectivity index (χ3n) is 2.63. The highest BCUT2D eigenvalue weighted by molar-refractivity contribution is 7.89. The van der Waals surface area contributed by atoms with Crippen molar-refractivity contribution in [3.8, 4) is 0 Å². The van der Waals surface area contributed by atoms with Crippen LogP contribution in [0.2, 0.25) is 5.02 Å². The van der Waals surface area contributed by atoms with E-state index in [-0.39, 0.29) is 21.6 Å². The van der Waals surface area contributed by atoms with Gasteiger partial charge in [-0.15, -0.1) is 0 Å². The molecule has 0 atom stereocenters. The first kappa shape index (κ1) is 17.9. The number of primary sulfonamides is 1. The van der Waals surface area contributed by atoms with Crippen LogP contribution in [0.3, 0.4) is 0 Å². The number of ether oxygens (including phenoxy) is 1. The molecule has 1 aromatic carbocycles. The van der Waals surface area contributed by atoms with Crippen molar-refractivity contribution >= 4 is 27.5 Å². The molecule has 0 saturated carbocycles. The highest BCUT2D eigenvalue weighted by Crippen LogP contribution is 2.25. The molecular formula is C13H19ClN2O4S. The van der Waals surface area contributed by atoms with Gasteiger partial charge in [-0.1, -0.05) is 11.6 Å². The standard InChI is InChI=1S/C13H19ClN2O4S/c1-8(2)20-5-4-16-13(17)10-6-9(3)12(14)11(7-10)21(15,18)19/h6-8H,4-5H2,1-3H3,(H,16,17)(H2,15,18,19). The number of carbonyl (C=O) groups is 1. The Labute approximate surface area is 129 Å². The molecule has 8 heteroatoms. The fraction of sp³-hybridized carbons (Fsp3) is 0.462. The Morgan fingerprint density at radius 2 is 2.05 bits per heavy atom. The number of amides is 1. The van der Waals surface area contributed by atoms with Crippen LogP contribution in [0.25, 0.3) is 0 Å². The SMILES string of the molecule is Cc1cc(C(=O)NCCOC(C)C)cc(S(N)(=O)=O)c1Cl. The molecule has 6 nitrogen and oxygen atoms in total. The molecule has 1 amide bonds. The number of nitrogens with one attached hydrogen (secondary N) is 1. The molecule has 0 aliphatic rings. The fourth-order valence-electron chi connectivity index (χ4n) is 1.64. The fourth-order valence-corrected chi connectivity index (χ4v) is 2.77. The Morgan fingerprint density at radius 3 is 2.57 bits per heavy atom. The second-order valence-corrected chi connectivity index (χ2v) is 6.73. The summed E-state index contributed by atoms with van der Waals surface area (Å²) >= 11 is 5.91. The number of carbonyl (C=O) groups excluding carboxylic acids is 1. The van der Waals surface area contributed by atoms with Gasteiger partial charge in [-0.05, 0) is 38.5 Å². The zero-order valence-corrected chi connectivity index (χ0v) is 13.7. The Hall–Kier alpha value is -1.15. The summed E-state index contributed by atoms with van der Waals surface area (Å²) in [6.07, 6.45) is 0.0775. The second kappa shape index (κ2) is 7.22. The van der Waals surface area contributed by atoms with E-state index in [0.29, 0.717) is 18.7 Å². The molecule has 21 heavy (non-hydrogen) atoms. The van der Waals surface area contributed by atoms with Gasteiger partial charge >= 0.3 is 0 Å². The van der Waals surface area contributed by atoms with Crippen LogP contribution < -0.4 is 10.5 Å². The minimum absolute atomic E-state index is 0.0252. The molecule has 0 radical (unpaired) electrons. The van der Waals surface area contributed by atoms with Gasteiger partial charge in [0.15, 0.2) is 0 Å². The largest absolute Gasteiger partial charge is 0.377 e. The van der Waals surface area contributed by atoms with E-state index >= 15 is 0 Å². The first-order valence-corrected chi connectivity index (χ1v) is 8.28. The molecular weight excluding hydrogens is 316 g/mol. The van der Waals surface area contributed by atoms with E-state index in [1.165, 1.54) is 12.1 Å². The maximum Gasteiger partial charge on any atom is 0.251 e. The van der Waals surface area contributed by atoms with Crippen molar-refractivity contribution in [3.63, 3.8) is 0 Å². The monoisotopic (exact) mass is 334 g/mol. The smallest absolute Gasteiger partial charge is 0.251 e. The summed E-state index contributed by atoms with van der Waals surface area (Å²) in [5.74, 6) is -0.410. The number of benzene rings is 1. The number of aryl methyl sites for hydroxylation is 1. The number of sulfonamides is 1. The number of nitrogens with two attached hydrogens (primary N) is 1. The van der Waals surface area contributed by atoms with E-state index in [1.54, 1.807) is 6.92 Å². The van der Waals surface area contributed by atoms with Gasteiger partial charge in [-0.3, -0.25) is 4.79 Å². The Bertz CT molecular complexity index is 629. The summed E-state index contributed by atoms with van der Waals surface area (Å²) in [6, 6.07) is 2.68. The summed E-state index contributed by atoms with van der Waals surface area (Å²) in [4.78, 5) is 11.7. The van der Waals surface area contributed by atoms with Crippen LogP contribution in [-0.4, -0.2) is 33.6 Å². The minimum Gasteiger partial charge on any atom is -0.377 e. The summed E-state index contributed by atoms with van der Waals surface area (Å²) in [5.41, 5.74) is 0.650. The number of rotatable bonds is 6. The molecule has 0 bridgehead atoms. The van der Waals surface area contributed by atoms with Crippen LogP contribution in [-0.2, 0) is 14.8 Å². The van der Waals surface area contributed by atoms with Crippen molar-refractivity contribution in [2.45, 2.75) is 31.8 Å². The summed E-state index contributed by atoms with van der Waals surface area (Å²) in [6.45, 7) is 6.09. The van der Waals surface area contributed by atoms with Crippen molar-refractivity contribution in [1.82, 2.24) is 5.32 Å². The van der Waals surface area contributed by atoms with E-state index in [0.717, 1.165) is 0 Å². The Balaban J connectivity index is 2.89. The molecule has 0 aliphatic heterocycles. The molecule has 1 aromatic rings. The first-order valence-electron chi connectivity index (χ1n) is 6.35. The molecule has 0 unspecified atom stereocenters. The van der Waals surface area contributed by atoms with Crippen molar-refractivity contribution in [2.75, 3.05) is 13.2 Å². The van der Waals surface area contributed by atoms with Crippen LogP contribution in [0.1, 0.15) is 29.8 Å². The van der Waals surface area contributed by atoms with Gasteiger partial charge in [0, 0.05) is 12.1 Å². The van der Waals surface area contributed by atoms with E-state index in [4.69, 9.17) is 21.5 Å². The predicted octanol–water partition coefficient (Wildman–Crippen LogP) is 1.45. The zero-order chi connectivity index (χ0) is 16.2. The van der Waals surface area contributed by atoms with Gasteiger partial charge in [-0.2, -0.15) is 0 Å². The number of halogens is 1. The van der Waals surface area contributed by atoms with Crippen LogP contribution in [0.4, 0.5) is 0 Å². The topological polar surface area (TPSA) is 98.5 Å². The first-order chi connectivity index (χ1) is 9.62. The van der Waals surface area contributed by atoms with Gasteiger partial charge < -0.3 is 10.1 Å². The lowest BCUT2D eigenvalue weighted by atomic mass is 10.1. The van der Waals surface area contributed by atoms with Gasteiger partial charge in [0.25, 0.3) is 5.91 Å². The molecule has 118 valence electrons. The summed E-state index contributed by atoms with van der Waals surface area (Å²) in [5, 5.41) is 7.75. The van der Waals surface area contributed by atoms with Gasteiger partial charge in [0.05, 0.1) is 17.7 Å². The van der Waals surface area contributed by atoms with Crippen LogP contribution in [0, 0.1) is 6.92 Å². The van der Waals surface area contributed by atoms with Crippen LogP contribution >= 0.6 is 11.6 Å². The quantitative estimate of drug-likeness (QED) is 0.769. The molecule has 0 fully saturated rings. The molecule has 1 rings (SSSR count). The summed E-state index contributed by atoms with van der Waals surface area (Å²) in [7, 11) is -3.99. The highest BCUT2D eigenvalue weighted by atomic mass is 35.5. The lowest BCUT2D eigenvalue weighted by Gasteiger charge is -2.11. The highest BCUT2D eigenvalue weighted by Gasteiger charge is 2.18. The predicted molar refractivity (Wildman–Crippen MR) is 81.0 cm³/mol. The maximum absolute atomic E-state index is 12.0. The van der Waals surface area contributed by atoms with Crippen molar-refractivity contribution in [1.29, 1.82) is 0 Å². The lowest BCUT2D eigenvalue weighted by molar-refractivity contribution is 0.0746. The summed E-state index contributed by atoms with van der Waals surface area (Å²) < 4.78 is 28.2. The average Bonchev–Trinajstić information content (AvgIpc) is 2.35. The van der Waals surface area contributed by atoms with Crippen molar-refractivity contribution < 1.29 is 17.9 Å². The molecule has 0 aromatic heterocycles. The molecule has 0 saturated heterocycles. The number of hydrogen-bond donors (Lipinski definition) is 2. The average molecular weight is 335 g/mol. The number of hydrogen-bond acceptors (Lipinski definition) is 4. The maximum atomic E-state index is 12.0. The van der Waals surface area contributed by atoms with Gasteiger partial charge in [-0.25, -0.2) is 13.6 Å². The third kappa shape index (κ3) is 5.28. The van der Waals surface area contributed by atoms with Crippen molar-refractivity contribution in [3.05, 3.63) is 28.3 Å². The Morgan fingerprint density at radius 1 is 1.43 bits per heavy atom. The molecule has 0 aliphatic carbocycles.